The molecule has 2 amide bonds. The predicted molar refractivity (Wildman–Crippen MR) is 86.1 cm³/mol. The fourth-order valence-electron chi connectivity index (χ4n) is 2.15. The van der Waals surface area contributed by atoms with E-state index in [1.54, 1.807) is 42.2 Å². The average molecular weight is 327 g/mol. The van der Waals surface area contributed by atoms with E-state index in [9.17, 15) is 4.79 Å². The summed E-state index contributed by atoms with van der Waals surface area (Å²) in [6, 6.07) is 6.78. The van der Waals surface area contributed by atoms with Crippen LogP contribution in [0, 0.1) is 6.92 Å². The minimum absolute atomic E-state index is 0.0904. The minimum atomic E-state index is -0.288. The van der Waals surface area contributed by atoms with Gasteiger partial charge in [0.05, 0.1) is 6.54 Å². The number of nitrogens with one attached hydrogen (secondary N) is 2. The van der Waals surface area contributed by atoms with Crippen molar-refractivity contribution in [1.82, 2.24) is 30.3 Å². The van der Waals surface area contributed by atoms with E-state index >= 15 is 0 Å². The molecular formula is C15H17N7O2. The molecule has 0 unspecified atom stereocenters. The van der Waals surface area contributed by atoms with Crippen LogP contribution in [-0.2, 0) is 6.54 Å². The van der Waals surface area contributed by atoms with E-state index < -0.39 is 0 Å². The third kappa shape index (κ3) is 3.94. The molecule has 0 bridgehead atoms. The molecule has 0 aliphatic heterocycles. The zero-order chi connectivity index (χ0) is 16.9. The van der Waals surface area contributed by atoms with Crippen LogP contribution in [0.1, 0.15) is 12.8 Å². The van der Waals surface area contributed by atoms with Crippen LogP contribution < -0.4 is 10.6 Å². The number of urea groups is 1. The number of benzene rings is 1. The van der Waals surface area contributed by atoms with Gasteiger partial charge in [-0.3, -0.25) is 4.68 Å². The van der Waals surface area contributed by atoms with Gasteiger partial charge >= 0.3 is 6.03 Å². The first-order chi connectivity index (χ1) is 11.6. The summed E-state index contributed by atoms with van der Waals surface area (Å²) in [5.41, 5.74) is 1.46. The molecule has 2 N–H and O–H groups in total. The summed E-state index contributed by atoms with van der Waals surface area (Å²) in [5, 5.41) is 17.4. The van der Waals surface area contributed by atoms with Crippen molar-refractivity contribution in [3.8, 4) is 11.5 Å². The van der Waals surface area contributed by atoms with Crippen molar-refractivity contribution in [1.29, 1.82) is 0 Å². The molecule has 0 aliphatic rings. The monoisotopic (exact) mass is 327 g/mol. The van der Waals surface area contributed by atoms with E-state index in [0.717, 1.165) is 5.56 Å². The van der Waals surface area contributed by atoms with Crippen molar-refractivity contribution >= 4 is 11.7 Å². The Morgan fingerprint density at radius 3 is 2.71 bits per heavy atom. The number of rotatable bonds is 5. The molecule has 3 rings (SSSR count). The van der Waals surface area contributed by atoms with Gasteiger partial charge in [-0.1, -0.05) is 0 Å². The highest BCUT2D eigenvalue weighted by atomic mass is 16.4. The number of anilines is 1. The Morgan fingerprint density at radius 2 is 2.08 bits per heavy atom. The summed E-state index contributed by atoms with van der Waals surface area (Å²) in [4.78, 5) is 15.9. The first-order valence-electron chi connectivity index (χ1n) is 7.40. The molecule has 0 fully saturated rings. The number of carbonyl (C=O) groups is 1. The van der Waals surface area contributed by atoms with Gasteiger partial charge < -0.3 is 15.1 Å². The maximum atomic E-state index is 12.0. The molecule has 124 valence electrons. The summed E-state index contributed by atoms with van der Waals surface area (Å²) in [6.07, 6.45) is 3.06. The number of nitrogens with zero attached hydrogens (tertiary/aromatic N) is 5. The quantitative estimate of drug-likeness (QED) is 0.740. The maximum Gasteiger partial charge on any atom is 0.319 e. The molecule has 0 spiro atoms. The molecule has 9 nitrogen and oxygen atoms in total. The molecule has 0 saturated heterocycles. The van der Waals surface area contributed by atoms with Crippen LogP contribution in [-0.4, -0.2) is 37.0 Å². The van der Waals surface area contributed by atoms with Crippen molar-refractivity contribution in [2.45, 2.75) is 26.4 Å². The fourth-order valence-corrected chi connectivity index (χ4v) is 2.15. The molecule has 24 heavy (non-hydrogen) atoms. The van der Waals surface area contributed by atoms with E-state index in [-0.39, 0.29) is 12.1 Å². The summed E-state index contributed by atoms with van der Waals surface area (Å²) in [6.45, 7) is 4.17. The van der Waals surface area contributed by atoms with Crippen LogP contribution in [0.3, 0.4) is 0 Å². The molecule has 1 atom stereocenters. The topological polar surface area (TPSA) is 111 Å². The van der Waals surface area contributed by atoms with Gasteiger partial charge in [0.15, 0.2) is 0 Å². The SMILES string of the molecule is Cc1nnc(-c2ccc(NC(=O)N[C@H](C)Cn3cncn3)cc2)o1. The third-order valence-corrected chi connectivity index (χ3v) is 3.22. The zero-order valence-electron chi connectivity index (χ0n) is 13.3. The Hall–Kier alpha value is -3.23. The number of aromatic nitrogens is 5. The smallest absolute Gasteiger partial charge is 0.319 e. The van der Waals surface area contributed by atoms with Crippen molar-refractivity contribution < 1.29 is 9.21 Å². The van der Waals surface area contributed by atoms with E-state index in [0.29, 0.717) is 24.0 Å². The lowest BCUT2D eigenvalue weighted by Gasteiger charge is -2.14. The second kappa shape index (κ2) is 6.90. The standard InChI is InChI=1S/C15H17N7O2/c1-10(7-22-9-16-8-17-22)18-15(23)19-13-5-3-12(4-6-13)14-21-20-11(2)24-14/h3-6,8-10H,7H2,1-2H3,(H2,18,19,23)/t10-/m1/s1. The molecule has 0 aliphatic carbocycles. The molecule has 2 heterocycles. The molecule has 1 aromatic carbocycles. The highest BCUT2D eigenvalue weighted by Crippen LogP contribution is 2.19. The van der Waals surface area contributed by atoms with Gasteiger partial charge in [0.25, 0.3) is 0 Å². The van der Waals surface area contributed by atoms with Crippen LogP contribution in [0.25, 0.3) is 11.5 Å². The molecule has 0 radical (unpaired) electrons. The van der Waals surface area contributed by atoms with Crippen LogP contribution in [0.5, 0.6) is 0 Å². The van der Waals surface area contributed by atoms with Crippen molar-refractivity contribution in [2.24, 2.45) is 0 Å². The Balaban J connectivity index is 1.54. The number of aryl methyl sites for hydroxylation is 1. The van der Waals surface area contributed by atoms with Crippen molar-refractivity contribution in [3.05, 3.63) is 42.8 Å². The van der Waals surface area contributed by atoms with Gasteiger partial charge in [-0.15, -0.1) is 10.2 Å². The highest BCUT2D eigenvalue weighted by Gasteiger charge is 2.10. The summed E-state index contributed by atoms with van der Waals surface area (Å²) < 4.78 is 7.02. The highest BCUT2D eigenvalue weighted by molar-refractivity contribution is 5.89. The Kier molecular flexibility index (Phi) is 4.50. The zero-order valence-corrected chi connectivity index (χ0v) is 13.3. The normalized spacial score (nSPS) is 11.9. The van der Waals surface area contributed by atoms with E-state index in [1.807, 2.05) is 6.92 Å². The number of hydrogen-bond donors (Lipinski definition) is 2. The average Bonchev–Trinajstić information content (AvgIpc) is 3.19. The lowest BCUT2D eigenvalue weighted by molar-refractivity contribution is 0.247. The summed E-state index contributed by atoms with van der Waals surface area (Å²) in [5.74, 6) is 0.956. The molecule has 9 heteroatoms. The van der Waals surface area contributed by atoms with Gasteiger partial charge in [-0.25, -0.2) is 9.78 Å². The number of amides is 2. The van der Waals surface area contributed by atoms with Crippen LogP contribution in [0.4, 0.5) is 10.5 Å². The number of carbonyl (C=O) groups excluding carboxylic acids is 1. The Bertz CT molecular complexity index is 796. The second-order valence-corrected chi connectivity index (χ2v) is 5.32. The Morgan fingerprint density at radius 1 is 1.29 bits per heavy atom. The summed E-state index contributed by atoms with van der Waals surface area (Å²) in [7, 11) is 0. The first kappa shape index (κ1) is 15.7. The van der Waals surface area contributed by atoms with Crippen LogP contribution in [0.2, 0.25) is 0 Å². The molecule has 3 aromatic rings. The van der Waals surface area contributed by atoms with Crippen LogP contribution >= 0.6 is 0 Å². The minimum Gasteiger partial charge on any atom is -0.421 e. The summed E-state index contributed by atoms with van der Waals surface area (Å²) >= 11 is 0. The predicted octanol–water partition coefficient (Wildman–Crippen LogP) is 1.85. The lowest BCUT2D eigenvalue weighted by atomic mass is 10.2. The van der Waals surface area contributed by atoms with Gasteiger partial charge in [0.1, 0.15) is 12.7 Å². The van der Waals surface area contributed by atoms with Crippen LogP contribution in [0.15, 0.2) is 41.3 Å². The molecule has 2 aromatic heterocycles. The third-order valence-electron chi connectivity index (χ3n) is 3.22. The van der Waals surface area contributed by atoms with E-state index in [2.05, 4.69) is 30.9 Å². The first-order valence-corrected chi connectivity index (χ1v) is 7.40. The Labute approximate surface area is 138 Å². The van der Waals surface area contributed by atoms with Gasteiger partial charge in [-0.2, -0.15) is 5.10 Å². The fraction of sp³-hybridized carbons (Fsp3) is 0.267. The number of hydrogen-bond acceptors (Lipinski definition) is 6. The molecule has 0 saturated carbocycles. The van der Waals surface area contributed by atoms with Crippen molar-refractivity contribution in [3.63, 3.8) is 0 Å². The maximum absolute atomic E-state index is 12.0. The van der Waals surface area contributed by atoms with E-state index in [1.165, 1.54) is 6.33 Å². The van der Waals surface area contributed by atoms with Gasteiger partial charge in [0.2, 0.25) is 11.8 Å². The van der Waals surface area contributed by atoms with Gasteiger partial charge in [0, 0.05) is 24.2 Å². The van der Waals surface area contributed by atoms with E-state index in [4.69, 9.17) is 4.42 Å². The largest absolute Gasteiger partial charge is 0.421 e. The molecular weight excluding hydrogens is 310 g/mol. The lowest BCUT2D eigenvalue weighted by Crippen LogP contribution is -2.38. The second-order valence-electron chi connectivity index (χ2n) is 5.32. The van der Waals surface area contributed by atoms with Crippen molar-refractivity contribution in [2.75, 3.05) is 5.32 Å². The van der Waals surface area contributed by atoms with Gasteiger partial charge in [-0.05, 0) is 31.2 Å².